The Morgan fingerprint density at radius 3 is 0.900 bits per heavy atom. The molecule has 0 spiro atoms. The summed E-state index contributed by atoms with van der Waals surface area (Å²) >= 11 is 5.51. The minimum absolute atomic E-state index is 0.374. The van der Waals surface area contributed by atoms with Crippen LogP contribution in [0.25, 0.3) is 0 Å². The fourth-order valence-corrected chi connectivity index (χ4v) is 3.48. The third-order valence-electron chi connectivity index (χ3n) is 5.44. The van der Waals surface area contributed by atoms with Crippen molar-refractivity contribution in [3.05, 3.63) is 0 Å². The number of hydrogen-bond acceptors (Lipinski definition) is 12. The molecule has 0 bridgehead atoms. The Morgan fingerprint density at radius 1 is 0.375 bits per heavy atom. The first-order chi connectivity index (χ1) is 19.9. The third-order valence-corrected chi connectivity index (χ3v) is 5.59. The quantitative estimate of drug-likeness (QED) is 0.0858. The maximum atomic E-state index is 5.78. The molecule has 1 rings (SSSR count). The van der Waals surface area contributed by atoms with E-state index in [4.69, 9.17) is 63.7 Å². The van der Waals surface area contributed by atoms with Crippen LogP contribution < -0.4 is 5.32 Å². The smallest absolute Gasteiger partial charge is 0.0704 e. The van der Waals surface area contributed by atoms with Gasteiger partial charge in [0.2, 0.25) is 0 Å². The molecule has 0 atom stereocenters. The van der Waals surface area contributed by atoms with Crippen molar-refractivity contribution in [1.82, 2.24) is 5.32 Å². The minimum Gasteiger partial charge on any atom is -0.378 e. The summed E-state index contributed by atoms with van der Waals surface area (Å²) < 4.78 is 60.1. The van der Waals surface area contributed by atoms with Gasteiger partial charge in [0, 0.05) is 5.88 Å². The van der Waals surface area contributed by atoms with Crippen molar-refractivity contribution in [2.45, 2.75) is 18.9 Å². The van der Waals surface area contributed by atoms with Crippen molar-refractivity contribution in [3.63, 3.8) is 0 Å². The molecule has 13 heteroatoms. The number of hydrogen-bond donors (Lipinski definition) is 1. The lowest BCUT2D eigenvalue weighted by molar-refractivity contribution is -0.0324. The van der Waals surface area contributed by atoms with Gasteiger partial charge in [-0.1, -0.05) is 0 Å². The van der Waals surface area contributed by atoms with Gasteiger partial charge in [-0.05, 0) is 25.9 Å². The topological polar surface area (TPSA) is 114 Å². The van der Waals surface area contributed by atoms with E-state index in [0.29, 0.717) is 151 Å². The summed E-state index contributed by atoms with van der Waals surface area (Å²) in [5, 5.41) is 3.33. The molecule has 1 N–H and O–H groups in total. The number of alkyl halides is 1. The van der Waals surface area contributed by atoms with Gasteiger partial charge >= 0.3 is 0 Å². The molecule has 1 heterocycles. The number of nitrogens with one attached hydrogen (secondary N) is 1. The molecule has 0 aliphatic carbocycles. The maximum absolute atomic E-state index is 5.78. The van der Waals surface area contributed by atoms with Gasteiger partial charge in [0.1, 0.15) is 0 Å². The van der Waals surface area contributed by atoms with Crippen molar-refractivity contribution < 1.29 is 52.1 Å². The van der Waals surface area contributed by atoms with Crippen molar-refractivity contribution in [2.24, 2.45) is 0 Å². The second-order valence-corrected chi connectivity index (χ2v) is 9.01. The second kappa shape index (κ2) is 33.3. The lowest BCUT2D eigenvalue weighted by atomic mass is 10.1. The van der Waals surface area contributed by atoms with Crippen LogP contribution in [0.15, 0.2) is 0 Å². The molecule has 12 nitrogen and oxygen atoms in total. The van der Waals surface area contributed by atoms with Crippen molar-refractivity contribution in [1.29, 1.82) is 0 Å². The molecule has 1 saturated heterocycles. The molecule has 0 aromatic carbocycles. The first kappa shape index (κ1) is 37.8. The van der Waals surface area contributed by atoms with Crippen molar-refractivity contribution >= 4 is 11.6 Å². The van der Waals surface area contributed by atoms with Gasteiger partial charge in [0.25, 0.3) is 0 Å². The average molecular weight is 604 g/mol. The highest BCUT2D eigenvalue weighted by atomic mass is 35.5. The first-order valence-electron chi connectivity index (χ1n) is 14.6. The Balaban J connectivity index is 1.60. The molecule has 1 aliphatic heterocycles. The molecule has 0 aromatic rings. The summed E-state index contributed by atoms with van der Waals surface area (Å²) in [6.45, 7) is 13.5. The number of ether oxygens (including phenoxy) is 11. The Labute approximate surface area is 245 Å². The second-order valence-electron chi connectivity index (χ2n) is 8.63. The zero-order chi connectivity index (χ0) is 28.4. The van der Waals surface area contributed by atoms with Crippen LogP contribution in [0.4, 0.5) is 0 Å². The molecule has 1 fully saturated rings. The highest BCUT2D eigenvalue weighted by molar-refractivity contribution is 6.17. The number of rotatable bonds is 33. The van der Waals surface area contributed by atoms with Crippen LogP contribution in [0.3, 0.4) is 0 Å². The van der Waals surface area contributed by atoms with Crippen LogP contribution in [0, 0.1) is 0 Å². The summed E-state index contributed by atoms with van der Waals surface area (Å²) in [7, 11) is 0. The van der Waals surface area contributed by atoms with E-state index in [1.807, 2.05) is 0 Å². The lowest BCUT2D eigenvalue weighted by Gasteiger charge is -2.22. The Morgan fingerprint density at radius 2 is 0.625 bits per heavy atom. The zero-order valence-electron chi connectivity index (χ0n) is 24.3. The Kier molecular flexibility index (Phi) is 31.5. The van der Waals surface area contributed by atoms with Gasteiger partial charge in [0.05, 0.1) is 145 Å². The van der Waals surface area contributed by atoms with Crippen LogP contribution in [0.2, 0.25) is 0 Å². The number of piperidine rings is 1. The summed E-state index contributed by atoms with van der Waals surface area (Å²) in [5.41, 5.74) is 0. The summed E-state index contributed by atoms with van der Waals surface area (Å²) in [5.74, 6) is 0.500. The molecule has 240 valence electrons. The first-order valence-corrected chi connectivity index (χ1v) is 15.1. The van der Waals surface area contributed by atoms with Crippen LogP contribution >= 0.6 is 11.6 Å². The molecule has 40 heavy (non-hydrogen) atoms. The van der Waals surface area contributed by atoms with Gasteiger partial charge in [-0.2, -0.15) is 0 Å². The van der Waals surface area contributed by atoms with E-state index >= 15 is 0 Å². The van der Waals surface area contributed by atoms with Crippen LogP contribution in [0.5, 0.6) is 0 Å². The van der Waals surface area contributed by atoms with E-state index < -0.39 is 0 Å². The average Bonchev–Trinajstić information content (AvgIpc) is 2.98. The lowest BCUT2D eigenvalue weighted by Crippen LogP contribution is -2.33. The van der Waals surface area contributed by atoms with Crippen LogP contribution in [-0.2, 0) is 52.1 Å². The third kappa shape index (κ3) is 29.3. The van der Waals surface area contributed by atoms with Gasteiger partial charge in [-0.25, -0.2) is 0 Å². The Bertz CT molecular complexity index is 480. The van der Waals surface area contributed by atoms with Gasteiger partial charge in [-0.15, -0.1) is 11.6 Å². The number of halogens is 1. The van der Waals surface area contributed by atoms with Crippen molar-refractivity contribution in [3.8, 4) is 0 Å². The van der Waals surface area contributed by atoms with E-state index in [2.05, 4.69) is 5.32 Å². The zero-order valence-corrected chi connectivity index (χ0v) is 25.1. The molecule has 0 saturated carbocycles. The van der Waals surface area contributed by atoms with Crippen LogP contribution in [0.1, 0.15) is 12.8 Å². The Hall–Kier alpha value is -0.190. The molecular weight excluding hydrogens is 550 g/mol. The van der Waals surface area contributed by atoms with Crippen molar-refractivity contribution in [2.75, 3.05) is 158 Å². The summed E-state index contributed by atoms with van der Waals surface area (Å²) in [4.78, 5) is 0. The predicted octanol–water partition coefficient (Wildman–Crippen LogP) is 1.16. The minimum atomic E-state index is 0.374. The largest absolute Gasteiger partial charge is 0.378 e. The highest BCUT2D eigenvalue weighted by Crippen LogP contribution is 2.06. The van der Waals surface area contributed by atoms with Gasteiger partial charge in [-0.3, -0.25) is 0 Å². The van der Waals surface area contributed by atoms with E-state index in [-0.39, 0.29) is 0 Å². The SMILES string of the molecule is ClCCOCCOCCOCCOCCOCCOCCOCCOCCOCCOCCOC1CCNCC1. The van der Waals surface area contributed by atoms with E-state index in [1.54, 1.807) is 0 Å². The van der Waals surface area contributed by atoms with E-state index in [1.165, 1.54) is 0 Å². The molecular formula is C27H54ClNO11. The highest BCUT2D eigenvalue weighted by Gasteiger charge is 2.12. The molecule has 0 amide bonds. The predicted molar refractivity (Wildman–Crippen MR) is 151 cm³/mol. The maximum Gasteiger partial charge on any atom is 0.0704 e. The molecule has 0 radical (unpaired) electrons. The fraction of sp³-hybridized carbons (Fsp3) is 1.00. The molecule has 1 aliphatic rings. The van der Waals surface area contributed by atoms with Gasteiger partial charge < -0.3 is 57.4 Å². The van der Waals surface area contributed by atoms with E-state index in [9.17, 15) is 0 Å². The standard InChI is InChI=1S/C27H54ClNO11/c28-3-6-30-7-8-31-9-10-32-11-12-33-13-14-34-15-16-35-17-18-36-19-20-37-21-22-38-23-24-39-25-26-40-27-1-4-29-5-2-27/h27,29H,1-26H2. The molecule has 0 unspecified atom stereocenters. The normalized spacial score (nSPS) is 14.3. The van der Waals surface area contributed by atoms with Crippen LogP contribution in [-0.4, -0.2) is 164 Å². The monoisotopic (exact) mass is 603 g/mol. The van der Waals surface area contributed by atoms with Gasteiger partial charge in [0.15, 0.2) is 0 Å². The fourth-order valence-electron chi connectivity index (χ4n) is 3.37. The summed E-state index contributed by atoms with van der Waals surface area (Å²) in [6, 6.07) is 0. The van der Waals surface area contributed by atoms with E-state index in [0.717, 1.165) is 25.9 Å². The molecule has 0 aromatic heterocycles. The summed E-state index contributed by atoms with van der Waals surface area (Å²) in [6.07, 6.45) is 2.54.